The second-order valence-electron chi connectivity index (χ2n) is 3.85. The molecule has 2 N–H and O–H groups in total. The van der Waals surface area contributed by atoms with Crippen molar-refractivity contribution in [1.29, 1.82) is 0 Å². The van der Waals surface area contributed by atoms with Gasteiger partial charge in [0.15, 0.2) is 5.82 Å². The number of rotatable bonds is 4. The lowest BCUT2D eigenvalue weighted by Crippen LogP contribution is -2.22. The van der Waals surface area contributed by atoms with Crippen LogP contribution >= 0.6 is 0 Å². The van der Waals surface area contributed by atoms with Gasteiger partial charge in [0.25, 0.3) is 0 Å². The Balaban J connectivity index is 1.89. The zero-order chi connectivity index (χ0) is 13.8. The third-order valence-electron chi connectivity index (χ3n) is 2.27. The molecule has 0 aliphatic heterocycles. The number of halogens is 2. The number of benzene rings is 1. The largest absolute Gasteiger partial charge is 0.374 e. The number of hydrogen-bond acceptors (Lipinski definition) is 4. The molecule has 7 heteroatoms. The molecule has 100 valence electrons. The first-order chi connectivity index (χ1) is 9.04. The summed E-state index contributed by atoms with van der Waals surface area (Å²) in [6.07, 6.45) is 0. The molecular formula is C12H11F2N3O2. The van der Waals surface area contributed by atoms with Gasteiger partial charge in [-0.1, -0.05) is 5.16 Å². The van der Waals surface area contributed by atoms with Crippen LogP contribution in [0.15, 0.2) is 28.8 Å². The Morgan fingerprint density at radius 3 is 2.79 bits per heavy atom. The first kappa shape index (κ1) is 13.0. The van der Waals surface area contributed by atoms with Crippen molar-refractivity contribution in [3.8, 4) is 0 Å². The number of aromatic nitrogens is 1. The second-order valence-corrected chi connectivity index (χ2v) is 3.85. The van der Waals surface area contributed by atoms with Crippen molar-refractivity contribution in [2.24, 2.45) is 0 Å². The first-order valence-corrected chi connectivity index (χ1v) is 5.46. The highest BCUT2D eigenvalue weighted by atomic mass is 19.1. The predicted molar refractivity (Wildman–Crippen MR) is 64.7 cm³/mol. The Hall–Kier alpha value is -2.44. The van der Waals surface area contributed by atoms with Gasteiger partial charge in [0.1, 0.15) is 17.4 Å². The third-order valence-corrected chi connectivity index (χ3v) is 2.27. The van der Waals surface area contributed by atoms with E-state index in [1.807, 2.05) is 0 Å². The molecule has 1 amide bonds. The monoisotopic (exact) mass is 267 g/mol. The molecule has 0 spiro atoms. The lowest BCUT2D eigenvalue weighted by atomic mass is 10.3. The van der Waals surface area contributed by atoms with Crippen LogP contribution in [0.4, 0.5) is 20.3 Å². The van der Waals surface area contributed by atoms with E-state index in [2.05, 4.69) is 15.8 Å². The van der Waals surface area contributed by atoms with Crippen LogP contribution in [0.25, 0.3) is 0 Å². The number of nitrogens with zero attached hydrogens (tertiary/aromatic N) is 1. The molecule has 0 aliphatic rings. The summed E-state index contributed by atoms with van der Waals surface area (Å²) in [6.45, 7) is 1.52. The lowest BCUT2D eigenvalue weighted by Gasteiger charge is -2.06. The maximum atomic E-state index is 13.3. The normalized spacial score (nSPS) is 10.3. The van der Waals surface area contributed by atoms with Gasteiger partial charge in [-0.25, -0.2) is 8.78 Å². The average molecular weight is 267 g/mol. The second kappa shape index (κ2) is 5.47. The molecule has 1 aromatic carbocycles. The van der Waals surface area contributed by atoms with E-state index in [1.165, 1.54) is 6.07 Å². The molecule has 0 saturated carbocycles. The number of amides is 1. The fourth-order valence-corrected chi connectivity index (χ4v) is 1.42. The third kappa shape index (κ3) is 3.51. The predicted octanol–water partition coefficient (Wildman–Crippen LogP) is 2.31. The molecule has 5 nitrogen and oxygen atoms in total. The minimum absolute atomic E-state index is 0.0490. The first-order valence-electron chi connectivity index (χ1n) is 5.46. The highest BCUT2D eigenvalue weighted by Crippen LogP contribution is 2.14. The standard InChI is InChI=1S/C12H11F2N3O2/c1-7-4-11(17-19-7)16-12(18)6-15-10-3-2-8(13)5-9(10)14/h2-5,15H,6H2,1H3,(H,16,17,18). The number of aryl methyl sites for hydroxylation is 1. The number of carbonyl (C=O) groups excluding carboxylic acids is 1. The summed E-state index contributed by atoms with van der Waals surface area (Å²) >= 11 is 0. The summed E-state index contributed by atoms with van der Waals surface area (Å²) in [5.41, 5.74) is 0.0490. The van der Waals surface area contributed by atoms with E-state index in [-0.39, 0.29) is 18.1 Å². The van der Waals surface area contributed by atoms with Crippen molar-refractivity contribution >= 4 is 17.4 Å². The van der Waals surface area contributed by atoms with Crippen LogP contribution in [0.5, 0.6) is 0 Å². The molecule has 2 aromatic rings. The van der Waals surface area contributed by atoms with Gasteiger partial charge in [0.2, 0.25) is 5.91 Å². The van der Waals surface area contributed by atoms with Gasteiger partial charge in [0.05, 0.1) is 12.2 Å². The Morgan fingerprint density at radius 2 is 2.16 bits per heavy atom. The van der Waals surface area contributed by atoms with Crippen LogP contribution < -0.4 is 10.6 Å². The lowest BCUT2D eigenvalue weighted by molar-refractivity contribution is -0.114. The van der Waals surface area contributed by atoms with Gasteiger partial charge < -0.3 is 15.2 Å². The van der Waals surface area contributed by atoms with E-state index in [0.29, 0.717) is 5.76 Å². The Labute approximate surface area is 107 Å². The molecule has 0 fully saturated rings. The summed E-state index contributed by atoms with van der Waals surface area (Å²) in [4.78, 5) is 11.5. The Morgan fingerprint density at radius 1 is 1.37 bits per heavy atom. The fourth-order valence-electron chi connectivity index (χ4n) is 1.42. The van der Waals surface area contributed by atoms with E-state index in [4.69, 9.17) is 4.52 Å². The highest BCUT2D eigenvalue weighted by molar-refractivity contribution is 5.92. The minimum atomic E-state index is -0.759. The van der Waals surface area contributed by atoms with Crippen LogP contribution in [0.2, 0.25) is 0 Å². The summed E-state index contributed by atoms with van der Waals surface area (Å²) in [7, 11) is 0. The van der Waals surface area contributed by atoms with Crippen molar-refractivity contribution in [3.05, 3.63) is 41.7 Å². The van der Waals surface area contributed by atoms with E-state index in [1.54, 1.807) is 13.0 Å². The maximum Gasteiger partial charge on any atom is 0.244 e. The van der Waals surface area contributed by atoms with Gasteiger partial charge in [-0.05, 0) is 19.1 Å². The summed E-state index contributed by atoms with van der Waals surface area (Å²) < 4.78 is 30.7. The quantitative estimate of drug-likeness (QED) is 0.892. The Kier molecular flexibility index (Phi) is 3.74. The molecule has 0 atom stereocenters. The maximum absolute atomic E-state index is 13.3. The zero-order valence-electron chi connectivity index (χ0n) is 10.0. The number of anilines is 2. The van der Waals surface area contributed by atoms with Gasteiger partial charge in [-0.15, -0.1) is 0 Å². The van der Waals surface area contributed by atoms with E-state index in [9.17, 15) is 13.6 Å². The molecule has 1 aromatic heterocycles. The van der Waals surface area contributed by atoms with Crippen LogP contribution in [0.3, 0.4) is 0 Å². The van der Waals surface area contributed by atoms with Gasteiger partial charge in [-0.3, -0.25) is 4.79 Å². The summed E-state index contributed by atoms with van der Waals surface area (Å²) in [5, 5.41) is 8.60. The molecule has 0 saturated heterocycles. The SMILES string of the molecule is Cc1cc(NC(=O)CNc2ccc(F)cc2F)no1. The van der Waals surface area contributed by atoms with Gasteiger partial charge in [-0.2, -0.15) is 0 Å². The van der Waals surface area contributed by atoms with Crippen molar-refractivity contribution in [3.63, 3.8) is 0 Å². The number of nitrogens with one attached hydrogen (secondary N) is 2. The van der Waals surface area contributed by atoms with Crippen molar-refractivity contribution in [1.82, 2.24) is 5.16 Å². The van der Waals surface area contributed by atoms with Crippen LogP contribution in [-0.4, -0.2) is 17.6 Å². The smallest absolute Gasteiger partial charge is 0.244 e. The molecule has 0 bridgehead atoms. The highest BCUT2D eigenvalue weighted by Gasteiger charge is 2.08. The molecule has 0 radical (unpaired) electrons. The van der Waals surface area contributed by atoms with E-state index in [0.717, 1.165) is 12.1 Å². The molecule has 19 heavy (non-hydrogen) atoms. The molecule has 2 rings (SSSR count). The van der Waals surface area contributed by atoms with E-state index >= 15 is 0 Å². The molecule has 1 heterocycles. The topological polar surface area (TPSA) is 67.2 Å². The fraction of sp³-hybridized carbons (Fsp3) is 0.167. The van der Waals surface area contributed by atoms with Gasteiger partial charge >= 0.3 is 0 Å². The van der Waals surface area contributed by atoms with Crippen molar-refractivity contribution in [2.45, 2.75) is 6.92 Å². The number of carbonyl (C=O) groups is 1. The van der Waals surface area contributed by atoms with E-state index < -0.39 is 17.5 Å². The summed E-state index contributed by atoms with van der Waals surface area (Å²) in [5.74, 6) is -1.01. The van der Waals surface area contributed by atoms with Crippen LogP contribution in [0.1, 0.15) is 5.76 Å². The molecule has 0 unspecified atom stereocenters. The van der Waals surface area contributed by atoms with Crippen LogP contribution in [-0.2, 0) is 4.79 Å². The average Bonchev–Trinajstić information content (AvgIpc) is 2.73. The van der Waals surface area contributed by atoms with Crippen LogP contribution in [0, 0.1) is 18.6 Å². The summed E-state index contributed by atoms with van der Waals surface area (Å²) in [6, 6.07) is 4.61. The Bertz CT molecular complexity index is 598. The van der Waals surface area contributed by atoms with Gasteiger partial charge in [0, 0.05) is 12.1 Å². The van der Waals surface area contributed by atoms with Crippen molar-refractivity contribution in [2.75, 3.05) is 17.2 Å². The molecule has 0 aliphatic carbocycles. The molecular weight excluding hydrogens is 256 g/mol. The zero-order valence-corrected chi connectivity index (χ0v) is 10.0. The van der Waals surface area contributed by atoms with Crippen molar-refractivity contribution < 1.29 is 18.1 Å². The number of hydrogen-bond donors (Lipinski definition) is 2. The minimum Gasteiger partial charge on any atom is -0.374 e.